The third-order valence-electron chi connectivity index (χ3n) is 4.59. The van der Waals surface area contributed by atoms with Crippen molar-refractivity contribution >= 4 is 5.91 Å². The molecule has 1 atom stereocenters. The van der Waals surface area contributed by atoms with Gasteiger partial charge in [0.15, 0.2) is 0 Å². The normalized spacial score (nSPS) is 17.8. The van der Waals surface area contributed by atoms with Crippen molar-refractivity contribution in [3.05, 3.63) is 41.6 Å². The number of hydrogen-bond donors (Lipinski definition) is 0. The van der Waals surface area contributed by atoms with Gasteiger partial charge in [0, 0.05) is 19.5 Å². The van der Waals surface area contributed by atoms with Crippen molar-refractivity contribution in [1.82, 2.24) is 15.1 Å². The number of benzene rings is 1. The minimum Gasteiger partial charge on any atom is -0.497 e. The van der Waals surface area contributed by atoms with Crippen molar-refractivity contribution in [2.75, 3.05) is 20.2 Å². The maximum Gasteiger partial charge on any atom is 0.470 e. The topological polar surface area (TPSA) is 68.5 Å². The molecule has 146 valence electrons. The number of nitrogens with zero attached hydrogens (tertiary/aromatic N) is 3. The van der Waals surface area contributed by atoms with Crippen molar-refractivity contribution in [1.29, 1.82) is 0 Å². The van der Waals surface area contributed by atoms with Gasteiger partial charge in [0.25, 0.3) is 0 Å². The van der Waals surface area contributed by atoms with Gasteiger partial charge in [-0.2, -0.15) is 13.2 Å². The number of piperidine rings is 1. The van der Waals surface area contributed by atoms with Gasteiger partial charge in [0.05, 0.1) is 13.0 Å². The summed E-state index contributed by atoms with van der Waals surface area (Å²) >= 11 is 0. The number of carbonyl (C=O) groups excluding carboxylic acids is 1. The van der Waals surface area contributed by atoms with Crippen LogP contribution in [0.4, 0.5) is 13.2 Å². The standard InChI is InChI=1S/C18H20F3N3O3/c1-26-14-7-4-12(5-8-14)6-9-15(25)24-10-2-3-13(11-24)16-22-23-17(27-16)18(19,20)21/h4-5,7-8,13H,2-3,6,9-11H2,1H3. The molecule has 0 bridgehead atoms. The summed E-state index contributed by atoms with van der Waals surface area (Å²) in [5, 5.41) is 6.59. The minimum absolute atomic E-state index is 0.0360. The fraction of sp³-hybridized carbons (Fsp3) is 0.500. The molecule has 2 heterocycles. The first-order valence-electron chi connectivity index (χ1n) is 8.68. The maximum atomic E-state index is 12.6. The Morgan fingerprint density at radius 3 is 2.67 bits per heavy atom. The molecule has 1 aromatic carbocycles. The molecule has 1 aliphatic rings. The molecule has 1 aliphatic heterocycles. The SMILES string of the molecule is COc1ccc(CCC(=O)N2CCCC(c3nnc(C(F)(F)F)o3)C2)cc1. The molecule has 3 rings (SSSR count). The monoisotopic (exact) mass is 383 g/mol. The molecule has 1 unspecified atom stereocenters. The lowest BCUT2D eigenvalue weighted by atomic mass is 9.97. The number of amides is 1. The van der Waals surface area contributed by atoms with Crippen LogP contribution in [0.5, 0.6) is 5.75 Å². The van der Waals surface area contributed by atoms with E-state index in [-0.39, 0.29) is 17.7 Å². The summed E-state index contributed by atoms with van der Waals surface area (Å²) in [6, 6.07) is 7.49. The summed E-state index contributed by atoms with van der Waals surface area (Å²) in [5.41, 5.74) is 1.02. The Balaban J connectivity index is 1.56. The van der Waals surface area contributed by atoms with Gasteiger partial charge in [-0.3, -0.25) is 4.79 Å². The Kier molecular flexibility index (Phi) is 5.67. The quantitative estimate of drug-likeness (QED) is 0.791. The van der Waals surface area contributed by atoms with Crippen LogP contribution in [0.1, 0.15) is 42.5 Å². The Hall–Kier alpha value is -2.58. The predicted octanol–water partition coefficient (Wildman–Crippen LogP) is 3.44. The molecule has 2 aromatic rings. The third kappa shape index (κ3) is 4.78. The van der Waals surface area contributed by atoms with Crippen LogP contribution in [0.15, 0.2) is 28.7 Å². The summed E-state index contributed by atoms with van der Waals surface area (Å²) in [4.78, 5) is 14.2. The Morgan fingerprint density at radius 2 is 2.04 bits per heavy atom. The number of aromatic nitrogens is 2. The zero-order valence-electron chi connectivity index (χ0n) is 14.8. The van der Waals surface area contributed by atoms with Gasteiger partial charge in [-0.25, -0.2) is 0 Å². The van der Waals surface area contributed by atoms with E-state index in [0.717, 1.165) is 11.3 Å². The molecule has 0 saturated carbocycles. The molecule has 0 N–H and O–H groups in total. The van der Waals surface area contributed by atoms with Crippen LogP contribution in [-0.2, 0) is 17.4 Å². The molecule has 0 aliphatic carbocycles. The van der Waals surface area contributed by atoms with Crippen LogP contribution in [0.25, 0.3) is 0 Å². The molecular formula is C18H20F3N3O3. The number of halogens is 3. The van der Waals surface area contributed by atoms with E-state index in [1.807, 2.05) is 24.3 Å². The second kappa shape index (κ2) is 7.98. The number of hydrogen-bond acceptors (Lipinski definition) is 5. The van der Waals surface area contributed by atoms with E-state index < -0.39 is 12.1 Å². The van der Waals surface area contributed by atoms with E-state index in [1.54, 1.807) is 12.0 Å². The van der Waals surface area contributed by atoms with Gasteiger partial charge < -0.3 is 14.1 Å². The Bertz CT molecular complexity index is 774. The van der Waals surface area contributed by atoms with Crippen molar-refractivity contribution < 1.29 is 27.1 Å². The van der Waals surface area contributed by atoms with E-state index in [2.05, 4.69) is 10.2 Å². The molecular weight excluding hydrogens is 363 g/mol. The summed E-state index contributed by atoms with van der Waals surface area (Å²) < 4.78 is 47.7. The van der Waals surface area contributed by atoms with Crippen molar-refractivity contribution in [2.24, 2.45) is 0 Å². The van der Waals surface area contributed by atoms with E-state index in [9.17, 15) is 18.0 Å². The van der Waals surface area contributed by atoms with Gasteiger partial charge in [0.2, 0.25) is 11.8 Å². The fourth-order valence-electron chi connectivity index (χ4n) is 3.12. The fourth-order valence-corrected chi connectivity index (χ4v) is 3.12. The summed E-state index contributed by atoms with van der Waals surface area (Å²) in [7, 11) is 1.59. The average Bonchev–Trinajstić information content (AvgIpc) is 3.17. The van der Waals surface area contributed by atoms with Gasteiger partial charge in [-0.15, -0.1) is 10.2 Å². The van der Waals surface area contributed by atoms with Crippen LogP contribution < -0.4 is 4.74 Å². The number of aryl methyl sites for hydroxylation is 1. The van der Waals surface area contributed by atoms with Crippen LogP contribution >= 0.6 is 0 Å². The highest BCUT2D eigenvalue weighted by Gasteiger charge is 2.39. The second-order valence-electron chi connectivity index (χ2n) is 6.47. The average molecular weight is 383 g/mol. The van der Waals surface area contributed by atoms with Crippen molar-refractivity contribution in [2.45, 2.75) is 37.8 Å². The molecule has 1 saturated heterocycles. The lowest BCUT2D eigenvalue weighted by Gasteiger charge is -2.31. The number of methoxy groups -OCH3 is 1. The summed E-state index contributed by atoms with van der Waals surface area (Å²) in [6.45, 7) is 0.874. The third-order valence-corrected chi connectivity index (χ3v) is 4.59. The first kappa shape index (κ1) is 19.2. The molecule has 9 heteroatoms. The maximum absolute atomic E-state index is 12.6. The smallest absolute Gasteiger partial charge is 0.470 e. The first-order valence-corrected chi connectivity index (χ1v) is 8.68. The Labute approximate surface area is 154 Å². The molecule has 6 nitrogen and oxygen atoms in total. The Morgan fingerprint density at radius 1 is 1.30 bits per heavy atom. The van der Waals surface area contributed by atoms with E-state index in [4.69, 9.17) is 9.15 Å². The highest BCUT2D eigenvalue weighted by Crippen LogP contribution is 2.32. The predicted molar refractivity (Wildman–Crippen MR) is 89.2 cm³/mol. The number of likely N-dealkylation sites (tertiary alicyclic amines) is 1. The van der Waals surface area contributed by atoms with Gasteiger partial charge >= 0.3 is 12.1 Å². The minimum atomic E-state index is -4.66. The van der Waals surface area contributed by atoms with Crippen molar-refractivity contribution in [3.8, 4) is 5.75 Å². The van der Waals surface area contributed by atoms with Gasteiger partial charge in [-0.05, 0) is 37.0 Å². The second-order valence-corrected chi connectivity index (χ2v) is 6.47. The summed E-state index contributed by atoms with van der Waals surface area (Å²) in [5.74, 6) is -1.06. The van der Waals surface area contributed by atoms with Crippen LogP contribution in [0.3, 0.4) is 0 Å². The number of carbonyl (C=O) groups is 1. The molecule has 0 spiro atoms. The largest absolute Gasteiger partial charge is 0.497 e. The van der Waals surface area contributed by atoms with E-state index in [1.165, 1.54) is 0 Å². The zero-order valence-corrected chi connectivity index (χ0v) is 14.8. The lowest BCUT2D eigenvalue weighted by molar-refractivity contribution is -0.157. The highest BCUT2D eigenvalue weighted by molar-refractivity contribution is 5.76. The number of alkyl halides is 3. The van der Waals surface area contributed by atoms with Gasteiger partial charge in [0.1, 0.15) is 5.75 Å². The number of rotatable bonds is 5. The zero-order chi connectivity index (χ0) is 19.4. The van der Waals surface area contributed by atoms with Gasteiger partial charge in [-0.1, -0.05) is 12.1 Å². The van der Waals surface area contributed by atoms with Crippen LogP contribution in [0.2, 0.25) is 0 Å². The molecule has 1 fully saturated rings. The first-order chi connectivity index (χ1) is 12.9. The van der Waals surface area contributed by atoms with E-state index >= 15 is 0 Å². The highest BCUT2D eigenvalue weighted by atomic mass is 19.4. The van der Waals surface area contributed by atoms with Crippen molar-refractivity contribution in [3.63, 3.8) is 0 Å². The molecule has 1 amide bonds. The molecule has 0 radical (unpaired) electrons. The summed E-state index contributed by atoms with van der Waals surface area (Å²) in [6.07, 6.45) is -2.45. The lowest BCUT2D eigenvalue weighted by Crippen LogP contribution is -2.39. The number of ether oxygens (including phenoxy) is 1. The van der Waals surface area contributed by atoms with Crippen LogP contribution in [0, 0.1) is 0 Å². The molecule has 27 heavy (non-hydrogen) atoms. The van der Waals surface area contributed by atoms with E-state index in [0.29, 0.717) is 38.8 Å². The molecule has 1 aromatic heterocycles. The van der Waals surface area contributed by atoms with Crippen LogP contribution in [-0.4, -0.2) is 41.2 Å².